The molecule has 1 heterocycles. The van der Waals surface area contributed by atoms with E-state index in [1.165, 1.54) is 0 Å². The fourth-order valence-corrected chi connectivity index (χ4v) is 2.55. The molecule has 0 N–H and O–H groups in total. The number of amides is 1. The van der Waals surface area contributed by atoms with Crippen molar-refractivity contribution < 1.29 is 9.53 Å². The average molecular weight is 293 g/mol. The minimum Gasteiger partial charge on any atom is -0.493 e. The number of rotatable bonds is 6. The van der Waals surface area contributed by atoms with Gasteiger partial charge in [0, 0.05) is 19.5 Å². The van der Waals surface area contributed by atoms with Crippen LogP contribution in [0.5, 0.6) is 5.75 Å². The molecule has 110 valence electrons. The molecule has 0 aliphatic carbocycles. The molecule has 1 saturated heterocycles. The smallest absolute Gasteiger partial charge is 0.223 e. The van der Waals surface area contributed by atoms with Crippen LogP contribution in [0, 0.1) is 11.8 Å². The van der Waals surface area contributed by atoms with E-state index < -0.39 is 0 Å². The minimum atomic E-state index is 0.240. The van der Waals surface area contributed by atoms with Gasteiger partial charge >= 0.3 is 0 Å². The first-order chi connectivity index (χ1) is 9.58. The van der Waals surface area contributed by atoms with Crippen molar-refractivity contribution in [2.75, 3.05) is 18.9 Å². The van der Waals surface area contributed by atoms with E-state index in [2.05, 4.69) is 26.5 Å². The van der Waals surface area contributed by atoms with Gasteiger partial charge in [-0.3, -0.25) is 4.79 Å². The van der Waals surface area contributed by atoms with Crippen molar-refractivity contribution in [2.45, 2.75) is 26.8 Å². The highest BCUT2D eigenvalue weighted by molar-refractivity contribution is 7.80. The Balaban J connectivity index is 1.89. The van der Waals surface area contributed by atoms with Crippen LogP contribution in [-0.4, -0.2) is 29.7 Å². The van der Waals surface area contributed by atoms with Crippen LogP contribution in [0.1, 0.15) is 25.8 Å². The number of thiol groups is 1. The van der Waals surface area contributed by atoms with E-state index in [0.717, 1.165) is 30.2 Å². The van der Waals surface area contributed by atoms with Crippen molar-refractivity contribution >= 4 is 18.5 Å². The largest absolute Gasteiger partial charge is 0.493 e. The normalized spacial score (nSPS) is 18.9. The molecule has 0 bridgehead atoms. The number of nitrogens with zero attached hydrogens (tertiary/aromatic N) is 1. The predicted octanol–water partition coefficient (Wildman–Crippen LogP) is 3.00. The van der Waals surface area contributed by atoms with E-state index in [-0.39, 0.29) is 5.91 Å². The second-order valence-electron chi connectivity index (χ2n) is 5.88. The SMILES string of the molecule is CC(C)COc1ccc(CN2CC(CS)CC2=O)cc1. The molecule has 1 aromatic carbocycles. The third kappa shape index (κ3) is 4.17. The Bertz CT molecular complexity index is 444. The molecule has 1 aliphatic rings. The molecule has 1 unspecified atom stereocenters. The highest BCUT2D eigenvalue weighted by atomic mass is 32.1. The summed E-state index contributed by atoms with van der Waals surface area (Å²) in [5.74, 6) is 2.84. The summed E-state index contributed by atoms with van der Waals surface area (Å²) in [5.41, 5.74) is 1.15. The number of benzene rings is 1. The van der Waals surface area contributed by atoms with Crippen molar-refractivity contribution in [3.63, 3.8) is 0 Å². The number of likely N-dealkylation sites (tertiary alicyclic amines) is 1. The Labute approximate surface area is 126 Å². The summed E-state index contributed by atoms with van der Waals surface area (Å²) in [4.78, 5) is 13.8. The highest BCUT2D eigenvalue weighted by Gasteiger charge is 2.28. The number of ether oxygens (including phenoxy) is 1. The molecule has 1 amide bonds. The van der Waals surface area contributed by atoms with E-state index in [4.69, 9.17) is 4.74 Å². The highest BCUT2D eigenvalue weighted by Crippen LogP contribution is 2.22. The van der Waals surface area contributed by atoms with Gasteiger partial charge in [0.2, 0.25) is 5.91 Å². The van der Waals surface area contributed by atoms with Crippen LogP contribution >= 0.6 is 12.6 Å². The summed E-state index contributed by atoms with van der Waals surface area (Å²) >= 11 is 4.28. The van der Waals surface area contributed by atoms with Crippen LogP contribution in [-0.2, 0) is 11.3 Å². The van der Waals surface area contributed by atoms with Gasteiger partial charge in [-0.1, -0.05) is 26.0 Å². The molecule has 1 atom stereocenters. The van der Waals surface area contributed by atoms with Gasteiger partial charge in [-0.05, 0) is 35.3 Å². The van der Waals surface area contributed by atoms with E-state index >= 15 is 0 Å². The lowest BCUT2D eigenvalue weighted by Gasteiger charge is -2.17. The monoisotopic (exact) mass is 293 g/mol. The van der Waals surface area contributed by atoms with Crippen molar-refractivity contribution in [3.8, 4) is 5.75 Å². The maximum Gasteiger partial charge on any atom is 0.223 e. The fraction of sp³-hybridized carbons (Fsp3) is 0.562. The van der Waals surface area contributed by atoms with Crippen molar-refractivity contribution in [3.05, 3.63) is 29.8 Å². The zero-order chi connectivity index (χ0) is 14.5. The first-order valence-electron chi connectivity index (χ1n) is 7.19. The Hall–Kier alpha value is -1.16. The predicted molar refractivity (Wildman–Crippen MR) is 84.2 cm³/mol. The van der Waals surface area contributed by atoms with Crippen molar-refractivity contribution in [1.82, 2.24) is 4.90 Å². The summed E-state index contributed by atoms with van der Waals surface area (Å²) in [6.45, 7) is 6.51. The second-order valence-corrected chi connectivity index (χ2v) is 6.24. The van der Waals surface area contributed by atoms with Crippen LogP contribution in [0.3, 0.4) is 0 Å². The molecule has 1 aromatic rings. The van der Waals surface area contributed by atoms with E-state index in [1.54, 1.807) is 0 Å². The van der Waals surface area contributed by atoms with Gasteiger partial charge in [0.1, 0.15) is 5.75 Å². The lowest BCUT2D eigenvalue weighted by Crippen LogP contribution is -2.24. The fourth-order valence-electron chi connectivity index (χ4n) is 2.30. The van der Waals surface area contributed by atoms with Gasteiger partial charge in [0.15, 0.2) is 0 Å². The van der Waals surface area contributed by atoms with Gasteiger partial charge in [-0.25, -0.2) is 0 Å². The van der Waals surface area contributed by atoms with E-state index in [0.29, 0.717) is 24.8 Å². The Kier molecular flexibility index (Phi) is 5.35. The Morgan fingerprint density at radius 2 is 2.05 bits per heavy atom. The molecule has 1 aliphatic heterocycles. The molecule has 20 heavy (non-hydrogen) atoms. The first-order valence-corrected chi connectivity index (χ1v) is 7.82. The Morgan fingerprint density at radius 1 is 1.35 bits per heavy atom. The van der Waals surface area contributed by atoms with E-state index in [9.17, 15) is 4.79 Å². The lowest BCUT2D eigenvalue weighted by atomic mass is 10.1. The first kappa shape index (κ1) is 15.2. The van der Waals surface area contributed by atoms with Gasteiger partial charge in [0.25, 0.3) is 0 Å². The maximum absolute atomic E-state index is 11.9. The Morgan fingerprint density at radius 3 is 2.60 bits per heavy atom. The minimum absolute atomic E-state index is 0.240. The van der Waals surface area contributed by atoms with Crippen molar-refractivity contribution in [1.29, 1.82) is 0 Å². The molecule has 0 saturated carbocycles. The van der Waals surface area contributed by atoms with Crippen LogP contribution in [0.2, 0.25) is 0 Å². The summed E-state index contributed by atoms with van der Waals surface area (Å²) < 4.78 is 5.66. The molecule has 0 spiro atoms. The molecule has 1 fully saturated rings. The quantitative estimate of drug-likeness (QED) is 0.817. The zero-order valence-corrected chi connectivity index (χ0v) is 13.1. The third-order valence-electron chi connectivity index (χ3n) is 3.43. The van der Waals surface area contributed by atoms with E-state index in [1.807, 2.05) is 29.2 Å². The van der Waals surface area contributed by atoms with Crippen LogP contribution in [0.4, 0.5) is 0 Å². The van der Waals surface area contributed by atoms with Crippen LogP contribution in [0.25, 0.3) is 0 Å². The third-order valence-corrected chi connectivity index (χ3v) is 3.95. The standard InChI is InChI=1S/C16H23NO2S/c1-12(2)10-19-15-5-3-13(4-6-15)8-17-9-14(11-20)7-16(17)18/h3-6,12,14,20H,7-11H2,1-2H3. The van der Waals surface area contributed by atoms with Crippen LogP contribution in [0.15, 0.2) is 24.3 Å². The number of hydrogen-bond acceptors (Lipinski definition) is 3. The second kappa shape index (κ2) is 7.02. The van der Waals surface area contributed by atoms with Gasteiger partial charge in [-0.15, -0.1) is 0 Å². The molecular weight excluding hydrogens is 270 g/mol. The maximum atomic E-state index is 11.9. The summed E-state index contributed by atoms with van der Waals surface area (Å²) in [7, 11) is 0. The molecule has 4 heteroatoms. The van der Waals surface area contributed by atoms with Crippen LogP contribution < -0.4 is 4.74 Å². The molecule has 3 nitrogen and oxygen atoms in total. The van der Waals surface area contributed by atoms with Gasteiger partial charge < -0.3 is 9.64 Å². The average Bonchev–Trinajstić information content (AvgIpc) is 2.78. The van der Waals surface area contributed by atoms with Gasteiger partial charge in [0.05, 0.1) is 6.61 Å². The molecule has 0 aromatic heterocycles. The number of carbonyl (C=O) groups excluding carboxylic acids is 1. The summed E-state index contributed by atoms with van der Waals surface area (Å²) in [5, 5.41) is 0. The molecule has 0 radical (unpaired) electrons. The number of hydrogen-bond donors (Lipinski definition) is 1. The summed E-state index contributed by atoms with van der Waals surface area (Å²) in [6, 6.07) is 8.04. The number of carbonyl (C=O) groups is 1. The lowest BCUT2D eigenvalue weighted by molar-refractivity contribution is -0.128. The van der Waals surface area contributed by atoms with Gasteiger partial charge in [-0.2, -0.15) is 12.6 Å². The molecular formula is C16H23NO2S. The van der Waals surface area contributed by atoms with Crippen molar-refractivity contribution in [2.24, 2.45) is 11.8 Å². The topological polar surface area (TPSA) is 29.5 Å². The molecule has 2 rings (SSSR count). The summed E-state index contributed by atoms with van der Waals surface area (Å²) in [6.07, 6.45) is 0.638. The zero-order valence-electron chi connectivity index (χ0n) is 12.2.